The number of hydrogen-bond acceptors (Lipinski definition) is 4. The summed E-state index contributed by atoms with van der Waals surface area (Å²) in [5.74, 6) is -0.486. The number of nitro benzene ring substituents is 1. The first-order chi connectivity index (χ1) is 9.82. The monoisotopic (exact) mass is 310 g/mol. The van der Waals surface area contributed by atoms with Crippen LogP contribution in [-0.4, -0.2) is 20.4 Å². The Balaban J connectivity index is 2.44. The van der Waals surface area contributed by atoms with E-state index in [2.05, 4.69) is 0 Å². The quantitative estimate of drug-likeness (QED) is 0.642. The van der Waals surface area contributed by atoms with Crippen molar-refractivity contribution in [3.63, 3.8) is 0 Å². The van der Waals surface area contributed by atoms with Crippen LogP contribution in [0.25, 0.3) is 0 Å². The molecular formula is C13H11FN2O4S. The van der Waals surface area contributed by atoms with E-state index in [0.29, 0.717) is 0 Å². The summed E-state index contributed by atoms with van der Waals surface area (Å²) in [6.07, 6.45) is 0. The summed E-state index contributed by atoms with van der Waals surface area (Å²) in [6, 6.07) is 9.64. The number of nitro groups is 1. The molecule has 0 spiro atoms. The second kappa shape index (κ2) is 5.49. The van der Waals surface area contributed by atoms with Gasteiger partial charge in [0.15, 0.2) is 0 Å². The Hall–Kier alpha value is -2.48. The first-order valence-corrected chi connectivity index (χ1v) is 7.25. The van der Waals surface area contributed by atoms with E-state index in [1.807, 2.05) is 0 Å². The number of halogens is 1. The second-order valence-electron chi connectivity index (χ2n) is 4.20. The Morgan fingerprint density at radius 2 is 1.76 bits per heavy atom. The van der Waals surface area contributed by atoms with Crippen LogP contribution in [0.15, 0.2) is 53.4 Å². The molecule has 6 nitrogen and oxygen atoms in total. The highest BCUT2D eigenvalue weighted by Gasteiger charge is 2.23. The maximum Gasteiger partial charge on any atom is 0.270 e. The van der Waals surface area contributed by atoms with Gasteiger partial charge in [0.25, 0.3) is 15.7 Å². The molecule has 0 fully saturated rings. The van der Waals surface area contributed by atoms with E-state index < -0.39 is 20.8 Å². The van der Waals surface area contributed by atoms with E-state index in [1.54, 1.807) is 0 Å². The zero-order valence-electron chi connectivity index (χ0n) is 10.9. The van der Waals surface area contributed by atoms with Gasteiger partial charge < -0.3 is 0 Å². The van der Waals surface area contributed by atoms with E-state index in [0.717, 1.165) is 22.5 Å². The molecule has 0 aliphatic carbocycles. The average Bonchev–Trinajstić information content (AvgIpc) is 2.47. The van der Waals surface area contributed by atoms with E-state index in [1.165, 1.54) is 37.4 Å². The van der Waals surface area contributed by atoms with Gasteiger partial charge in [-0.25, -0.2) is 12.8 Å². The lowest BCUT2D eigenvalue weighted by atomic mass is 10.3. The Morgan fingerprint density at radius 1 is 1.14 bits per heavy atom. The Morgan fingerprint density at radius 3 is 2.33 bits per heavy atom. The fraction of sp³-hybridized carbons (Fsp3) is 0.0769. The highest BCUT2D eigenvalue weighted by molar-refractivity contribution is 7.92. The van der Waals surface area contributed by atoms with Crippen LogP contribution < -0.4 is 4.31 Å². The first kappa shape index (κ1) is 14.9. The van der Waals surface area contributed by atoms with E-state index in [4.69, 9.17) is 0 Å². The van der Waals surface area contributed by atoms with Crippen molar-refractivity contribution in [2.45, 2.75) is 4.90 Å². The lowest BCUT2D eigenvalue weighted by Gasteiger charge is -2.19. The molecule has 0 atom stereocenters. The molecular weight excluding hydrogens is 299 g/mol. The minimum Gasteiger partial charge on any atom is -0.269 e. The Kier molecular flexibility index (Phi) is 3.90. The van der Waals surface area contributed by atoms with Gasteiger partial charge >= 0.3 is 0 Å². The largest absolute Gasteiger partial charge is 0.270 e. The number of sulfonamides is 1. The molecule has 0 saturated heterocycles. The fourth-order valence-corrected chi connectivity index (χ4v) is 2.94. The standard InChI is InChI=1S/C13H11FN2O4S/c1-15(11-7-5-10(14)6-8-11)21(19,20)13-4-2-3-12(9-13)16(17)18/h2-9H,1H3. The van der Waals surface area contributed by atoms with Crippen LogP contribution >= 0.6 is 0 Å². The van der Waals surface area contributed by atoms with Crippen molar-refractivity contribution < 1.29 is 17.7 Å². The zero-order valence-corrected chi connectivity index (χ0v) is 11.7. The molecule has 0 heterocycles. The molecule has 0 N–H and O–H groups in total. The number of benzene rings is 2. The fourth-order valence-electron chi connectivity index (χ4n) is 1.71. The predicted molar refractivity (Wildman–Crippen MR) is 75.1 cm³/mol. The minimum absolute atomic E-state index is 0.205. The van der Waals surface area contributed by atoms with Crippen molar-refractivity contribution >= 4 is 21.4 Å². The summed E-state index contributed by atoms with van der Waals surface area (Å²) in [6.45, 7) is 0. The summed E-state index contributed by atoms with van der Waals surface area (Å²) in [5.41, 5.74) is -0.0634. The molecule has 0 radical (unpaired) electrons. The van der Waals surface area contributed by atoms with Crippen molar-refractivity contribution in [2.24, 2.45) is 0 Å². The van der Waals surface area contributed by atoms with Gasteiger partial charge in [0.2, 0.25) is 0 Å². The van der Waals surface area contributed by atoms with E-state index >= 15 is 0 Å². The van der Waals surface area contributed by atoms with Crippen LogP contribution in [0.2, 0.25) is 0 Å². The van der Waals surface area contributed by atoms with Crippen molar-refractivity contribution in [3.05, 3.63) is 64.5 Å². The maximum absolute atomic E-state index is 12.9. The van der Waals surface area contributed by atoms with Crippen LogP contribution in [-0.2, 0) is 10.0 Å². The van der Waals surface area contributed by atoms with Crippen molar-refractivity contribution in [2.75, 3.05) is 11.4 Å². The molecule has 2 aromatic rings. The SMILES string of the molecule is CN(c1ccc(F)cc1)S(=O)(=O)c1cccc([N+](=O)[O-])c1. The van der Waals surface area contributed by atoms with Crippen molar-refractivity contribution in [1.29, 1.82) is 0 Å². The molecule has 110 valence electrons. The number of nitrogens with zero attached hydrogens (tertiary/aromatic N) is 2. The lowest BCUT2D eigenvalue weighted by molar-refractivity contribution is -0.385. The van der Waals surface area contributed by atoms with E-state index in [9.17, 15) is 22.9 Å². The predicted octanol–water partition coefficient (Wildman–Crippen LogP) is 2.56. The Bertz CT molecular complexity index is 775. The molecule has 0 bridgehead atoms. The summed E-state index contributed by atoms with van der Waals surface area (Å²) < 4.78 is 38.6. The molecule has 0 aliphatic rings. The summed E-state index contributed by atoms with van der Waals surface area (Å²) >= 11 is 0. The maximum atomic E-state index is 12.9. The van der Waals surface area contributed by atoms with Gasteiger partial charge in [-0.1, -0.05) is 6.07 Å². The van der Waals surface area contributed by atoms with Crippen molar-refractivity contribution in [1.82, 2.24) is 0 Å². The lowest BCUT2D eigenvalue weighted by Crippen LogP contribution is -2.26. The molecule has 0 aromatic heterocycles. The molecule has 2 rings (SSSR count). The Labute approximate surface area is 120 Å². The average molecular weight is 310 g/mol. The molecule has 0 saturated carbocycles. The summed E-state index contributed by atoms with van der Waals surface area (Å²) in [5, 5.41) is 10.7. The number of hydrogen-bond donors (Lipinski definition) is 0. The van der Waals surface area contributed by atoms with Crippen LogP contribution in [0.4, 0.5) is 15.8 Å². The minimum atomic E-state index is -3.95. The molecule has 0 aliphatic heterocycles. The number of rotatable bonds is 4. The third-order valence-electron chi connectivity index (χ3n) is 2.88. The van der Waals surface area contributed by atoms with Crippen molar-refractivity contribution in [3.8, 4) is 0 Å². The second-order valence-corrected chi connectivity index (χ2v) is 6.17. The topological polar surface area (TPSA) is 80.5 Å². The van der Waals surface area contributed by atoms with E-state index in [-0.39, 0.29) is 16.3 Å². The molecule has 0 unspecified atom stereocenters. The van der Waals surface area contributed by atoms with Gasteiger partial charge in [-0.05, 0) is 30.3 Å². The number of anilines is 1. The van der Waals surface area contributed by atoms with Crippen LogP contribution in [0.3, 0.4) is 0 Å². The zero-order chi connectivity index (χ0) is 15.6. The third kappa shape index (κ3) is 3.00. The third-order valence-corrected chi connectivity index (χ3v) is 4.66. The molecule has 2 aromatic carbocycles. The van der Waals surface area contributed by atoms with Gasteiger partial charge in [0.05, 0.1) is 15.5 Å². The normalized spacial score (nSPS) is 11.1. The van der Waals surface area contributed by atoms with Crippen LogP contribution in [0.5, 0.6) is 0 Å². The first-order valence-electron chi connectivity index (χ1n) is 5.81. The molecule has 21 heavy (non-hydrogen) atoms. The van der Waals surface area contributed by atoms with Crippen LogP contribution in [0.1, 0.15) is 0 Å². The summed E-state index contributed by atoms with van der Waals surface area (Å²) in [4.78, 5) is 9.84. The van der Waals surface area contributed by atoms with Gasteiger partial charge in [-0.3, -0.25) is 14.4 Å². The van der Waals surface area contributed by atoms with Gasteiger partial charge in [0, 0.05) is 19.2 Å². The molecule has 0 amide bonds. The van der Waals surface area contributed by atoms with Gasteiger partial charge in [-0.15, -0.1) is 0 Å². The summed E-state index contributed by atoms with van der Waals surface area (Å²) in [7, 11) is -2.66. The molecule has 8 heteroatoms. The van der Waals surface area contributed by atoms with Gasteiger partial charge in [0.1, 0.15) is 5.82 Å². The van der Waals surface area contributed by atoms with Crippen LogP contribution in [0, 0.1) is 15.9 Å². The number of non-ortho nitro benzene ring substituents is 1. The van der Waals surface area contributed by atoms with Gasteiger partial charge in [-0.2, -0.15) is 0 Å². The highest BCUT2D eigenvalue weighted by atomic mass is 32.2. The smallest absolute Gasteiger partial charge is 0.269 e. The highest BCUT2D eigenvalue weighted by Crippen LogP contribution is 2.24.